The Labute approximate surface area is 97.8 Å². The van der Waals surface area contributed by atoms with Gasteiger partial charge in [0.2, 0.25) is 5.91 Å². The summed E-state index contributed by atoms with van der Waals surface area (Å²) in [6, 6.07) is 2.21. The fourth-order valence-electron chi connectivity index (χ4n) is 1.99. The number of carbonyl (C=O) groups excluding carboxylic acids is 1. The van der Waals surface area contributed by atoms with E-state index in [2.05, 4.69) is 11.0 Å². The molecule has 0 spiro atoms. The van der Waals surface area contributed by atoms with E-state index in [1.165, 1.54) is 0 Å². The van der Waals surface area contributed by atoms with Crippen LogP contribution in [0, 0.1) is 17.2 Å². The van der Waals surface area contributed by atoms with E-state index in [1.54, 1.807) is 0 Å². The van der Waals surface area contributed by atoms with E-state index in [-0.39, 0.29) is 11.8 Å². The van der Waals surface area contributed by atoms with E-state index in [4.69, 9.17) is 5.26 Å². The van der Waals surface area contributed by atoms with Crippen molar-refractivity contribution < 1.29 is 4.79 Å². The molecule has 0 aromatic carbocycles. The molecule has 1 heterocycles. The van der Waals surface area contributed by atoms with E-state index in [0.717, 1.165) is 32.5 Å². The molecule has 1 unspecified atom stereocenters. The number of hydrogen-bond donors (Lipinski definition) is 0. The third kappa shape index (κ3) is 3.82. The molecule has 0 aliphatic carbocycles. The average molecular weight is 223 g/mol. The van der Waals surface area contributed by atoms with Crippen molar-refractivity contribution in [1.82, 2.24) is 9.80 Å². The van der Waals surface area contributed by atoms with Crippen molar-refractivity contribution >= 4 is 5.91 Å². The van der Waals surface area contributed by atoms with Crippen molar-refractivity contribution in [3.05, 3.63) is 0 Å². The summed E-state index contributed by atoms with van der Waals surface area (Å²) < 4.78 is 0. The highest BCUT2D eigenvalue weighted by Crippen LogP contribution is 2.08. The third-order valence-corrected chi connectivity index (χ3v) is 3.02. The molecule has 1 fully saturated rings. The molecule has 0 aromatic heterocycles. The highest BCUT2D eigenvalue weighted by atomic mass is 16.2. The predicted molar refractivity (Wildman–Crippen MR) is 62.7 cm³/mol. The van der Waals surface area contributed by atoms with Crippen LogP contribution in [0.5, 0.6) is 0 Å². The number of rotatable bonds is 5. The fourth-order valence-corrected chi connectivity index (χ4v) is 1.99. The van der Waals surface area contributed by atoms with Gasteiger partial charge in [0.15, 0.2) is 0 Å². The molecule has 4 nitrogen and oxygen atoms in total. The van der Waals surface area contributed by atoms with Gasteiger partial charge in [-0.1, -0.05) is 6.92 Å². The van der Waals surface area contributed by atoms with Crippen LogP contribution in [0.25, 0.3) is 0 Å². The Balaban J connectivity index is 2.37. The standard InChI is InChI=1S/C12H21N3O/c1-3-14(9-11(2)8-13)10-12(16)15-6-4-5-7-15/h11H,3-7,9-10H2,1-2H3. The highest BCUT2D eigenvalue weighted by Gasteiger charge is 2.20. The molecule has 1 atom stereocenters. The summed E-state index contributed by atoms with van der Waals surface area (Å²) in [6.07, 6.45) is 2.26. The quantitative estimate of drug-likeness (QED) is 0.701. The lowest BCUT2D eigenvalue weighted by atomic mass is 10.2. The number of nitrogens with zero attached hydrogens (tertiary/aromatic N) is 3. The van der Waals surface area contributed by atoms with Gasteiger partial charge in [-0.05, 0) is 26.3 Å². The topological polar surface area (TPSA) is 47.3 Å². The van der Waals surface area contributed by atoms with Crippen LogP contribution < -0.4 is 0 Å². The van der Waals surface area contributed by atoms with Crippen molar-refractivity contribution in [2.24, 2.45) is 5.92 Å². The summed E-state index contributed by atoms with van der Waals surface area (Å²) in [4.78, 5) is 15.9. The maximum atomic E-state index is 11.9. The van der Waals surface area contributed by atoms with Crippen LogP contribution in [0.3, 0.4) is 0 Å². The van der Waals surface area contributed by atoms with Gasteiger partial charge in [0, 0.05) is 19.6 Å². The minimum atomic E-state index is -0.00803. The highest BCUT2D eigenvalue weighted by molar-refractivity contribution is 5.78. The number of nitriles is 1. The minimum Gasteiger partial charge on any atom is -0.342 e. The lowest BCUT2D eigenvalue weighted by molar-refractivity contribution is -0.131. The Morgan fingerprint density at radius 1 is 1.50 bits per heavy atom. The van der Waals surface area contributed by atoms with Crippen molar-refractivity contribution in [2.45, 2.75) is 26.7 Å². The van der Waals surface area contributed by atoms with Gasteiger partial charge in [-0.25, -0.2) is 0 Å². The van der Waals surface area contributed by atoms with Crippen LogP contribution in [0.15, 0.2) is 0 Å². The molecular formula is C12H21N3O. The van der Waals surface area contributed by atoms with Gasteiger partial charge >= 0.3 is 0 Å². The second-order valence-electron chi connectivity index (χ2n) is 4.45. The smallest absolute Gasteiger partial charge is 0.236 e. The zero-order chi connectivity index (χ0) is 12.0. The molecule has 4 heteroatoms. The van der Waals surface area contributed by atoms with E-state index >= 15 is 0 Å². The van der Waals surface area contributed by atoms with Gasteiger partial charge < -0.3 is 4.90 Å². The predicted octanol–water partition coefficient (Wildman–Crippen LogP) is 1.09. The third-order valence-electron chi connectivity index (χ3n) is 3.02. The first-order valence-electron chi connectivity index (χ1n) is 6.07. The molecule has 16 heavy (non-hydrogen) atoms. The molecule has 0 aromatic rings. The molecule has 1 aliphatic rings. The van der Waals surface area contributed by atoms with Crippen molar-refractivity contribution in [3.63, 3.8) is 0 Å². The van der Waals surface area contributed by atoms with Crippen LogP contribution in [0.4, 0.5) is 0 Å². The van der Waals surface area contributed by atoms with Crippen LogP contribution in [0.1, 0.15) is 26.7 Å². The summed E-state index contributed by atoms with van der Waals surface area (Å²) in [5, 5.41) is 8.75. The van der Waals surface area contributed by atoms with E-state index in [9.17, 15) is 4.79 Å². The van der Waals surface area contributed by atoms with Gasteiger partial charge in [0.25, 0.3) is 0 Å². The van der Waals surface area contributed by atoms with Crippen molar-refractivity contribution in [3.8, 4) is 6.07 Å². The van der Waals surface area contributed by atoms with Crippen LogP contribution in [-0.4, -0.2) is 48.4 Å². The second-order valence-corrected chi connectivity index (χ2v) is 4.45. The summed E-state index contributed by atoms with van der Waals surface area (Å²) in [6.45, 7) is 7.71. The van der Waals surface area contributed by atoms with Gasteiger partial charge in [0.05, 0.1) is 18.5 Å². The maximum absolute atomic E-state index is 11.9. The molecule has 0 saturated carbocycles. The lowest BCUT2D eigenvalue weighted by Gasteiger charge is -2.24. The molecular weight excluding hydrogens is 202 g/mol. The molecule has 1 rings (SSSR count). The van der Waals surface area contributed by atoms with Crippen LogP contribution >= 0.6 is 0 Å². The monoisotopic (exact) mass is 223 g/mol. The molecule has 90 valence electrons. The lowest BCUT2D eigenvalue weighted by Crippen LogP contribution is -2.40. The normalized spacial score (nSPS) is 17.5. The maximum Gasteiger partial charge on any atom is 0.236 e. The molecule has 0 radical (unpaired) electrons. The number of carbonyl (C=O) groups is 1. The SMILES string of the molecule is CCN(CC(=O)N1CCCC1)CC(C)C#N. The Kier molecular flexibility index (Phi) is 5.27. The Hall–Kier alpha value is -1.08. The summed E-state index contributed by atoms with van der Waals surface area (Å²) in [5.41, 5.74) is 0. The molecule has 1 saturated heterocycles. The number of amides is 1. The first-order chi connectivity index (χ1) is 7.67. The Bertz CT molecular complexity index is 266. The van der Waals surface area contributed by atoms with Gasteiger partial charge in [-0.3, -0.25) is 9.69 Å². The first kappa shape index (κ1) is 13.0. The number of hydrogen-bond acceptors (Lipinski definition) is 3. The summed E-state index contributed by atoms with van der Waals surface area (Å²) >= 11 is 0. The fraction of sp³-hybridized carbons (Fsp3) is 0.833. The first-order valence-corrected chi connectivity index (χ1v) is 6.07. The Morgan fingerprint density at radius 3 is 2.62 bits per heavy atom. The van der Waals surface area contributed by atoms with Crippen LogP contribution in [0.2, 0.25) is 0 Å². The van der Waals surface area contributed by atoms with Crippen molar-refractivity contribution in [2.75, 3.05) is 32.7 Å². The Morgan fingerprint density at radius 2 is 2.12 bits per heavy atom. The zero-order valence-electron chi connectivity index (χ0n) is 10.3. The molecule has 0 bridgehead atoms. The average Bonchev–Trinajstić information content (AvgIpc) is 2.81. The number of likely N-dealkylation sites (N-methyl/N-ethyl adjacent to an activating group) is 1. The molecule has 0 N–H and O–H groups in total. The molecule has 1 aliphatic heterocycles. The van der Waals surface area contributed by atoms with E-state index < -0.39 is 0 Å². The van der Waals surface area contributed by atoms with E-state index in [0.29, 0.717) is 13.1 Å². The summed E-state index contributed by atoms with van der Waals surface area (Å²) in [7, 11) is 0. The second kappa shape index (κ2) is 6.49. The van der Waals surface area contributed by atoms with Crippen molar-refractivity contribution in [1.29, 1.82) is 5.26 Å². The van der Waals surface area contributed by atoms with E-state index in [1.807, 2.05) is 18.7 Å². The summed E-state index contributed by atoms with van der Waals surface area (Å²) in [5.74, 6) is 0.204. The zero-order valence-corrected chi connectivity index (χ0v) is 10.3. The largest absolute Gasteiger partial charge is 0.342 e. The van der Waals surface area contributed by atoms with Crippen LogP contribution in [-0.2, 0) is 4.79 Å². The van der Waals surface area contributed by atoms with Gasteiger partial charge in [0.1, 0.15) is 0 Å². The minimum absolute atomic E-state index is 0.00803. The van der Waals surface area contributed by atoms with Gasteiger partial charge in [-0.15, -0.1) is 0 Å². The number of likely N-dealkylation sites (tertiary alicyclic amines) is 1. The van der Waals surface area contributed by atoms with Gasteiger partial charge in [-0.2, -0.15) is 5.26 Å². The molecule has 1 amide bonds.